The lowest BCUT2D eigenvalue weighted by molar-refractivity contribution is -0.0274. The number of morpholine rings is 1. The van der Waals surface area contributed by atoms with Gasteiger partial charge >= 0.3 is 5.97 Å². The maximum atomic E-state index is 10.9. The standard InChI is InChI=1S/C19H28N2O3/c1-14-11-18(14)20-12-17-13-21(9-10-24-17)8-2-3-15-4-6-16(7-5-15)19(22)23/h4-7,14,17-18,20H,2-3,8-13H2,1H3,(H,22,23). The highest BCUT2D eigenvalue weighted by atomic mass is 16.5. The fraction of sp³-hybridized carbons (Fsp3) is 0.632. The van der Waals surface area contributed by atoms with Gasteiger partial charge in [-0.3, -0.25) is 4.90 Å². The van der Waals surface area contributed by atoms with Crippen molar-refractivity contribution in [2.75, 3.05) is 32.8 Å². The van der Waals surface area contributed by atoms with E-state index in [1.807, 2.05) is 12.1 Å². The molecule has 0 radical (unpaired) electrons. The van der Waals surface area contributed by atoms with Crippen LogP contribution in [-0.2, 0) is 11.2 Å². The van der Waals surface area contributed by atoms with E-state index >= 15 is 0 Å². The normalized spacial score (nSPS) is 27.1. The highest BCUT2D eigenvalue weighted by Crippen LogP contribution is 2.28. The van der Waals surface area contributed by atoms with E-state index in [0.717, 1.165) is 51.5 Å². The summed E-state index contributed by atoms with van der Waals surface area (Å²) >= 11 is 0. The van der Waals surface area contributed by atoms with Crippen LogP contribution < -0.4 is 5.32 Å². The summed E-state index contributed by atoms with van der Waals surface area (Å²) in [4.78, 5) is 13.3. The van der Waals surface area contributed by atoms with E-state index in [9.17, 15) is 4.79 Å². The van der Waals surface area contributed by atoms with E-state index in [-0.39, 0.29) is 0 Å². The van der Waals surface area contributed by atoms with E-state index in [2.05, 4.69) is 17.1 Å². The Morgan fingerprint density at radius 3 is 2.79 bits per heavy atom. The third kappa shape index (κ3) is 5.03. The molecule has 1 heterocycles. The average molecular weight is 332 g/mol. The molecule has 1 saturated carbocycles. The number of carboxylic acid groups (broad SMARTS) is 1. The van der Waals surface area contributed by atoms with E-state index < -0.39 is 5.97 Å². The predicted octanol–water partition coefficient (Wildman–Crippen LogP) is 2.02. The van der Waals surface area contributed by atoms with Gasteiger partial charge in [-0.05, 0) is 49.4 Å². The van der Waals surface area contributed by atoms with Crippen LogP contribution in [0.25, 0.3) is 0 Å². The van der Waals surface area contributed by atoms with Gasteiger partial charge in [0.2, 0.25) is 0 Å². The minimum Gasteiger partial charge on any atom is -0.478 e. The molecule has 0 spiro atoms. The van der Waals surface area contributed by atoms with Gasteiger partial charge in [-0.25, -0.2) is 4.79 Å². The number of nitrogens with one attached hydrogen (secondary N) is 1. The van der Waals surface area contributed by atoms with E-state index in [1.54, 1.807) is 12.1 Å². The van der Waals surface area contributed by atoms with Gasteiger partial charge in [0.25, 0.3) is 0 Å². The van der Waals surface area contributed by atoms with Crippen molar-refractivity contribution in [3.63, 3.8) is 0 Å². The summed E-state index contributed by atoms with van der Waals surface area (Å²) in [5.74, 6) is -0.0349. The molecule has 5 heteroatoms. The highest BCUT2D eigenvalue weighted by molar-refractivity contribution is 5.87. The van der Waals surface area contributed by atoms with Crippen LogP contribution in [0.15, 0.2) is 24.3 Å². The number of carbonyl (C=O) groups is 1. The first kappa shape index (κ1) is 17.4. The van der Waals surface area contributed by atoms with Crippen LogP contribution in [0.5, 0.6) is 0 Å². The molecular weight excluding hydrogens is 304 g/mol. The molecule has 1 aromatic carbocycles. The van der Waals surface area contributed by atoms with Crippen molar-refractivity contribution in [1.29, 1.82) is 0 Å². The van der Waals surface area contributed by atoms with Crippen molar-refractivity contribution in [3.05, 3.63) is 35.4 Å². The molecule has 3 rings (SSSR count). The number of rotatable bonds is 8. The molecule has 1 aliphatic carbocycles. The summed E-state index contributed by atoms with van der Waals surface area (Å²) in [6.45, 7) is 7.15. The van der Waals surface area contributed by atoms with E-state index in [4.69, 9.17) is 9.84 Å². The Hall–Kier alpha value is -1.43. The molecule has 132 valence electrons. The highest BCUT2D eigenvalue weighted by Gasteiger charge is 2.33. The van der Waals surface area contributed by atoms with Gasteiger partial charge in [0.1, 0.15) is 0 Å². The molecule has 0 aromatic heterocycles. The largest absolute Gasteiger partial charge is 0.478 e. The summed E-state index contributed by atoms with van der Waals surface area (Å²) in [7, 11) is 0. The first-order valence-electron chi connectivity index (χ1n) is 9.01. The SMILES string of the molecule is CC1CC1NCC1CN(CCCc2ccc(C(=O)O)cc2)CCO1. The number of nitrogens with zero attached hydrogens (tertiary/aromatic N) is 1. The van der Waals surface area contributed by atoms with Gasteiger partial charge < -0.3 is 15.2 Å². The van der Waals surface area contributed by atoms with Gasteiger partial charge in [0.15, 0.2) is 0 Å². The minimum absolute atomic E-state index is 0.307. The third-order valence-electron chi connectivity index (χ3n) is 5.08. The van der Waals surface area contributed by atoms with Crippen LogP contribution in [-0.4, -0.2) is 60.9 Å². The molecule has 3 unspecified atom stereocenters. The summed E-state index contributed by atoms with van der Waals surface area (Å²) in [5, 5.41) is 12.5. The minimum atomic E-state index is -0.866. The quantitative estimate of drug-likeness (QED) is 0.763. The lowest BCUT2D eigenvalue weighted by atomic mass is 10.1. The molecular formula is C19H28N2O3. The van der Waals surface area contributed by atoms with Crippen molar-refractivity contribution in [2.24, 2.45) is 5.92 Å². The number of hydrogen-bond acceptors (Lipinski definition) is 4. The van der Waals surface area contributed by atoms with Crippen LogP contribution in [0.1, 0.15) is 35.7 Å². The molecule has 1 aliphatic heterocycles. The smallest absolute Gasteiger partial charge is 0.335 e. The summed E-state index contributed by atoms with van der Waals surface area (Å²) < 4.78 is 5.86. The molecule has 1 aromatic rings. The zero-order valence-electron chi connectivity index (χ0n) is 14.4. The number of ether oxygens (including phenoxy) is 1. The van der Waals surface area contributed by atoms with Crippen molar-refractivity contribution in [1.82, 2.24) is 10.2 Å². The zero-order valence-corrected chi connectivity index (χ0v) is 14.4. The number of carboxylic acids is 1. The number of benzene rings is 1. The van der Waals surface area contributed by atoms with Crippen molar-refractivity contribution >= 4 is 5.97 Å². The van der Waals surface area contributed by atoms with Crippen LogP contribution in [0.2, 0.25) is 0 Å². The molecule has 2 aliphatic rings. The van der Waals surface area contributed by atoms with Crippen LogP contribution >= 0.6 is 0 Å². The van der Waals surface area contributed by atoms with E-state index in [1.165, 1.54) is 12.0 Å². The van der Waals surface area contributed by atoms with Gasteiger partial charge in [-0.1, -0.05) is 19.1 Å². The van der Waals surface area contributed by atoms with Crippen LogP contribution in [0.4, 0.5) is 0 Å². The Balaban J connectivity index is 1.35. The van der Waals surface area contributed by atoms with Gasteiger partial charge in [0, 0.05) is 25.7 Å². The molecule has 2 N–H and O–H groups in total. The number of aryl methyl sites for hydroxylation is 1. The monoisotopic (exact) mass is 332 g/mol. The first-order chi connectivity index (χ1) is 11.6. The first-order valence-corrected chi connectivity index (χ1v) is 9.01. The Bertz CT molecular complexity index is 546. The molecule has 3 atom stereocenters. The average Bonchev–Trinajstić information content (AvgIpc) is 3.29. The Labute approximate surface area is 144 Å². The van der Waals surface area contributed by atoms with Crippen LogP contribution in [0, 0.1) is 5.92 Å². The summed E-state index contributed by atoms with van der Waals surface area (Å²) in [6.07, 6.45) is 3.68. The topological polar surface area (TPSA) is 61.8 Å². The molecule has 1 saturated heterocycles. The van der Waals surface area contributed by atoms with Crippen LogP contribution in [0.3, 0.4) is 0 Å². The molecule has 0 amide bonds. The van der Waals surface area contributed by atoms with Gasteiger partial charge in [-0.15, -0.1) is 0 Å². The number of hydrogen-bond donors (Lipinski definition) is 2. The lowest BCUT2D eigenvalue weighted by Crippen LogP contribution is -2.47. The second-order valence-corrected chi connectivity index (χ2v) is 7.13. The van der Waals surface area contributed by atoms with Gasteiger partial charge in [-0.2, -0.15) is 0 Å². The second kappa shape index (κ2) is 8.10. The fourth-order valence-corrected chi connectivity index (χ4v) is 3.32. The maximum absolute atomic E-state index is 10.9. The zero-order chi connectivity index (χ0) is 16.9. The Morgan fingerprint density at radius 2 is 2.12 bits per heavy atom. The lowest BCUT2D eigenvalue weighted by Gasteiger charge is -2.33. The summed E-state index contributed by atoms with van der Waals surface area (Å²) in [5.41, 5.74) is 1.56. The molecule has 0 bridgehead atoms. The maximum Gasteiger partial charge on any atom is 0.335 e. The van der Waals surface area contributed by atoms with E-state index in [0.29, 0.717) is 17.7 Å². The molecule has 24 heavy (non-hydrogen) atoms. The second-order valence-electron chi connectivity index (χ2n) is 7.13. The summed E-state index contributed by atoms with van der Waals surface area (Å²) in [6, 6.07) is 7.93. The predicted molar refractivity (Wildman–Crippen MR) is 93.5 cm³/mol. The van der Waals surface area contributed by atoms with Gasteiger partial charge in [0.05, 0.1) is 18.3 Å². The molecule has 5 nitrogen and oxygen atoms in total. The molecule has 2 fully saturated rings. The third-order valence-corrected chi connectivity index (χ3v) is 5.08. The Kier molecular flexibility index (Phi) is 5.87. The fourth-order valence-electron chi connectivity index (χ4n) is 3.32. The number of aromatic carboxylic acids is 1. The van der Waals surface area contributed by atoms with Crippen molar-refractivity contribution < 1.29 is 14.6 Å². The van der Waals surface area contributed by atoms with Crippen molar-refractivity contribution in [3.8, 4) is 0 Å². The Morgan fingerprint density at radius 1 is 1.38 bits per heavy atom. The van der Waals surface area contributed by atoms with Crippen molar-refractivity contribution in [2.45, 2.75) is 38.3 Å².